The summed E-state index contributed by atoms with van der Waals surface area (Å²) in [5.41, 5.74) is 3.31. The molecule has 1 aliphatic heterocycles. The first-order valence-electron chi connectivity index (χ1n) is 10.9. The van der Waals surface area contributed by atoms with Crippen LogP contribution in [0.15, 0.2) is 30.3 Å². The Bertz CT molecular complexity index is 980. The minimum absolute atomic E-state index is 0.113. The number of aryl methyl sites for hydroxylation is 1. The molecule has 1 aliphatic rings. The summed E-state index contributed by atoms with van der Waals surface area (Å²) in [7, 11) is -3.20. The van der Waals surface area contributed by atoms with Gasteiger partial charge in [-0.15, -0.1) is 0 Å². The molecule has 0 atom stereocenters. The zero-order chi connectivity index (χ0) is 22.4. The summed E-state index contributed by atoms with van der Waals surface area (Å²) in [6.07, 6.45) is 2.64. The normalized spacial score (nSPS) is 15.8. The molecule has 0 spiro atoms. The van der Waals surface area contributed by atoms with Crippen molar-refractivity contribution in [1.82, 2.24) is 19.0 Å². The monoisotopic (exact) mass is 447 g/mol. The zero-order valence-electron chi connectivity index (χ0n) is 18.7. The fourth-order valence-corrected chi connectivity index (χ4v) is 5.40. The van der Waals surface area contributed by atoms with Gasteiger partial charge >= 0.3 is 0 Å². The minimum atomic E-state index is -3.20. The van der Waals surface area contributed by atoms with Crippen LogP contribution in [0.25, 0.3) is 5.69 Å². The van der Waals surface area contributed by atoms with E-state index in [-0.39, 0.29) is 18.2 Å². The van der Waals surface area contributed by atoms with Crippen LogP contribution in [0.4, 0.5) is 5.69 Å². The number of carbonyl (C=O) groups excluding carboxylic acids is 1. The third kappa shape index (κ3) is 5.93. The Morgan fingerprint density at radius 1 is 1.06 bits per heavy atom. The molecule has 0 bridgehead atoms. The predicted octanol–water partition coefficient (Wildman–Crippen LogP) is 2.57. The first kappa shape index (κ1) is 23.4. The van der Waals surface area contributed by atoms with Crippen molar-refractivity contribution in [3.8, 4) is 5.69 Å². The molecule has 3 rings (SSSR count). The van der Waals surface area contributed by atoms with Gasteiger partial charge in [-0.3, -0.25) is 9.69 Å². The van der Waals surface area contributed by atoms with Crippen LogP contribution in [0.1, 0.15) is 37.6 Å². The second-order valence-corrected chi connectivity index (χ2v) is 10.1. The number of amides is 1. The molecule has 1 fully saturated rings. The van der Waals surface area contributed by atoms with Crippen LogP contribution in [-0.2, 0) is 14.8 Å². The van der Waals surface area contributed by atoms with Gasteiger partial charge in [0, 0.05) is 26.2 Å². The maximum atomic E-state index is 12.7. The van der Waals surface area contributed by atoms with Crippen LogP contribution in [0, 0.1) is 13.8 Å². The van der Waals surface area contributed by atoms with E-state index in [1.54, 1.807) is 4.31 Å². The van der Waals surface area contributed by atoms with Crippen molar-refractivity contribution in [3.05, 3.63) is 41.7 Å². The fourth-order valence-electron chi connectivity index (χ4n) is 3.86. The number of rotatable bonds is 9. The number of aromatic nitrogens is 2. The third-order valence-electron chi connectivity index (χ3n) is 5.65. The van der Waals surface area contributed by atoms with E-state index in [1.807, 2.05) is 53.8 Å². The molecule has 2 aromatic rings. The topological polar surface area (TPSA) is 87.5 Å². The van der Waals surface area contributed by atoms with E-state index in [4.69, 9.17) is 0 Å². The molecule has 31 heavy (non-hydrogen) atoms. The minimum Gasteiger partial charge on any atom is -0.322 e. The number of nitrogens with zero attached hydrogens (tertiary/aromatic N) is 4. The van der Waals surface area contributed by atoms with Crippen molar-refractivity contribution in [2.24, 2.45) is 0 Å². The van der Waals surface area contributed by atoms with Crippen molar-refractivity contribution in [2.45, 2.75) is 40.0 Å². The number of para-hydroxylation sites is 1. The molecule has 1 amide bonds. The molecule has 0 unspecified atom stereocenters. The van der Waals surface area contributed by atoms with Gasteiger partial charge in [-0.2, -0.15) is 9.40 Å². The van der Waals surface area contributed by atoms with Crippen molar-refractivity contribution in [3.63, 3.8) is 0 Å². The van der Waals surface area contributed by atoms with Crippen LogP contribution in [-0.4, -0.2) is 71.8 Å². The first-order valence-corrected chi connectivity index (χ1v) is 12.5. The lowest BCUT2D eigenvalue weighted by Crippen LogP contribution is -2.50. The van der Waals surface area contributed by atoms with Gasteiger partial charge in [0.25, 0.3) is 0 Å². The summed E-state index contributed by atoms with van der Waals surface area (Å²) >= 11 is 0. The Balaban J connectivity index is 1.54. The van der Waals surface area contributed by atoms with E-state index in [2.05, 4.69) is 17.3 Å². The second-order valence-electron chi connectivity index (χ2n) is 8.04. The molecule has 8 nitrogen and oxygen atoms in total. The van der Waals surface area contributed by atoms with Gasteiger partial charge in [0.2, 0.25) is 15.9 Å². The molecule has 0 aliphatic carbocycles. The van der Waals surface area contributed by atoms with E-state index >= 15 is 0 Å². The molecule has 1 N–H and O–H groups in total. The summed E-state index contributed by atoms with van der Waals surface area (Å²) in [6, 6.07) is 9.80. The lowest BCUT2D eigenvalue weighted by atomic mass is 10.3. The molecule has 1 aromatic heterocycles. The van der Waals surface area contributed by atoms with Gasteiger partial charge in [0.15, 0.2) is 0 Å². The molecule has 2 heterocycles. The highest BCUT2D eigenvalue weighted by Gasteiger charge is 2.27. The lowest BCUT2D eigenvalue weighted by Gasteiger charge is -2.33. The molecule has 0 saturated carbocycles. The van der Waals surface area contributed by atoms with Gasteiger partial charge in [0.05, 0.1) is 35.1 Å². The van der Waals surface area contributed by atoms with E-state index in [1.165, 1.54) is 0 Å². The Hall–Kier alpha value is -2.23. The Morgan fingerprint density at radius 3 is 2.39 bits per heavy atom. The van der Waals surface area contributed by atoms with Gasteiger partial charge in [-0.1, -0.05) is 38.0 Å². The number of unbranched alkanes of at least 4 members (excludes halogenated alkanes) is 2. The van der Waals surface area contributed by atoms with Crippen LogP contribution < -0.4 is 5.32 Å². The lowest BCUT2D eigenvalue weighted by molar-refractivity contribution is -0.117. The van der Waals surface area contributed by atoms with E-state index < -0.39 is 10.0 Å². The standard InChI is InChI=1S/C22H33N5O3S/c1-4-5-9-16-31(29,30)26-14-12-25(13-15-26)17-21(28)23-22-18(2)24-27(19(22)3)20-10-7-6-8-11-20/h6-8,10-11H,4-5,9,12-17H2,1-3H3,(H,23,28). The van der Waals surface area contributed by atoms with Crippen LogP contribution >= 0.6 is 0 Å². The molecule has 0 radical (unpaired) electrons. The van der Waals surface area contributed by atoms with Crippen molar-refractivity contribution < 1.29 is 13.2 Å². The van der Waals surface area contributed by atoms with E-state index in [0.717, 1.165) is 35.6 Å². The summed E-state index contributed by atoms with van der Waals surface area (Å²) < 4.78 is 28.3. The summed E-state index contributed by atoms with van der Waals surface area (Å²) in [6.45, 7) is 8.10. The quantitative estimate of drug-likeness (QED) is 0.597. The van der Waals surface area contributed by atoms with Crippen molar-refractivity contribution in [1.29, 1.82) is 0 Å². The molecule has 9 heteroatoms. The highest BCUT2D eigenvalue weighted by Crippen LogP contribution is 2.22. The second kappa shape index (κ2) is 10.4. The SMILES string of the molecule is CCCCCS(=O)(=O)N1CCN(CC(=O)Nc2c(C)nn(-c3ccccc3)c2C)CC1. The van der Waals surface area contributed by atoms with Crippen molar-refractivity contribution in [2.75, 3.05) is 43.8 Å². The Kier molecular flexibility index (Phi) is 7.85. The molecule has 1 saturated heterocycles. The number of hydrogen-bond donors (Lipinski definition) is 1. The zero-order valence-corrected chi connectivity index (χ0v) is 19.5. The number of benzene rings is 1. The van der Waals surface area contributed by atoms with Crippen LogP contribution in [0.2, 0.25) is 0 Å². The highest BCUT2D eigenvalue weighted by molar-refractivity contribution is 7.89. The highest BCUT2D eigenvalue weighted by atomic mass is 32.2. The first-order chi connectivity index (χ1) is 14.8. The summed E-state index contributed by atoms with van der Waals surface area (Å²) in [4.78, 5) is 14.7. The molecular weight excluding hydrogens is 414 g/mol. The number of nitrogens with one attached hydrogen (secondary N) is 1. The third-order valence-corrected chi connectivity index (χ3v) is 7.61. The van der Waals surface area contributed by atoms with Gasteiger partial charge in [-0.05, 0) is 32.4 Å². The maximum Gasteiger partial charge on any atom is 0.238 e. The average Bonchev–Trinajstić information content (AvgIpc) is 3.03. The molecule has 170 valence electrons. The summed E-state index contributed by atoms with van der Waals surface area (Å²) in [5, 5.41) is 7.56. The van der Waals surface area contributed by atoms with Crippen LogP contribution in [0.5, 0.6) is 0 Å². The number of carbonyl (C=O) groups is 1. The maximum absolute atomic E-state index is 12.7. The summed E-state index contributed by atoms with van der Waals surface area (Å²) in [5.74, 6) is 0.101. The molecule has 1 aromatic carbocycles. The Morgan fingerprint density at radius 2 is 1.74 bits per heavy atom. The van der Waals surface area contributed by atoms with E-state index in [0.29, 0.717) is 32.6 Å². The molecular formula is C22H33N5O3S. The average molecular weight is 448 g/mol. The van der Waals surface area contributed by atoms with Crippen molar-refractivity contribution >= 4 is 21.6 Å². The van der Waals surface area contributed by atoms with Crippen LogP contribution in [0.3, 0.4) is 0 Å². The van der Waals surface area contributed by atoms with E-state index in [9.17, 15) is 13.2 Å². The van der Waals surface area contributed by atoms with Gasteiger partial charge in [0.1, 0.15) is 0 Å². The van der Waals surface area contributed by atoms with Gasteiger partial charge < -0.3 is 5.32 Å². The number of anilines is 1. The van der Waals surface area contributed by atoms with Gasteiger partial charge in [-0.25, -0.2) is 13.1 Å². The Labute approximate surface area is 185 Å². The number of piperazine rings is 1. The number of sulfonamides is 1. The smallest absolute Gasteiger partial charge is 0.238 e. The number of hydrogen-bond acceptors (Lipinski definition) is 5. The largest absolute Gasteiger partial charge is 0.322 e. The predicted molar refractivity (Wildman–Crippen MR) is 123 cm³/mol. The fraction of sp³-hybridized carbons (Fsp3) is 0.545.